The van der Waals surface area contributed by atoms with Gasteiger partial charge in [-0.15, -0.1) is 0 Å². The normalized spacial score (nSPS) is 20.4. The topological polar surface area (TPSA) is 37.0 Å². The summed E-state index contributed by atoms with van der Waals surface area (Å²) in [6.45, 7) is 2.17. The van der Waals surface area contributed by atoms with Crippen LogP contribution >= 0.6 is 11.5 Å². The molecule has 16 heavy (non-hydrogen) atoms. The average Bonchev–Trinajstić information content (AvgIpc) is 2.96. The van der Waals surface area contributed by atoms with E-state index in [2.05, 4.69) is 33.2 Å². The van der Waals surface area contributed by atoms with Crippen molar-refractivity contribution >= 4 is 27.4 Å². The quantitative estimate of drug-likeness (QED) is 0.855. The average molecular weight is 233 g/mol. The lowest BCUT2D eigenvalue weighted by Crippen LogP contribution is -2.29. The van der Waals surface area contributed by atoms with Crippen LogP contribution in [0.25, 0.3) is 10.9 Å². The molecule has 0 radical (unpaired) electrons. The molecular formula is C12H15N3S. The molecule has 1 unspecified atom stereocenters. The predicted molar refractivity (Wildman–Crippen MR) is 69.1 cm³/mol. The van der Waals surface area contributed by atoms with Gasteiger partial charge >= 0.3 is 0 Å². The van der Waals surface area contributed by atoms with Gasteiger partial charge in [0.2, 0.25) is 0 Å². The third-order valence-corrected chi connectivity index (χ3v) is 3.89. The highest BCUT2D eigenvalue weighted by molar-refractivity contribution is 7.11. The lowest BCUT2D eigenvalue weighted by atomic mass is 10.2. The Hall–Kier alpha value is -1.13. The van der Waals surface area contributed by atoms with Crippen molar-refractivity contribution in [2.45, 2.75) is 18.9 Å². The Kier molecular flexibility index (Phi) is 2.76. The van der Waals surface area contributed by atoms with E-state index >= 15 is 0 Å². The Morgan fingerprint density at radius 3 is 3.25 bits per heavy atom. The second-order valence-corrected chi connectivity index (χ2v) is 4.98. The molecule has 0 amide bonds. The van der Waals surface area contributed by atoms with Crippen LogP contribution in [0.3, 0.4) is 0 Å². The molecule has 1 aliphatic heterocycles. The third kappa shape index (κ3) is 1.90. The highest BCUT2D eigenvalue weighted by atomic mass is 32.1. The van der Waals surface area contributed by atoms with E-state index in [-0.39, 0.29) is 0 Å². The van der Waals surface area contributed by atoms with Gasteiger partial charge in [0.15, 0.2) is 0 Å². The van der Waals surface area contributed by atoms with E-state index in [4.69, 9.17) is 0 Å². The number of hydrogen-bond acceptors (Lipinski definition) is 4. The zero-order valence-electron chi connectivity index (χ0n) is 9.07. The summed E-state index contributed by atoms with van der Waals surface area (Å²) in [7, 11) is 0. The molecule has 0 aliphatic carbocycles. The van der Waals surface area contributed by atoms with Gasteiger partial charge in [-0.05, 0) is 43.1 Å². The summed E-state index contributed by atoms with van der Waals surface area (Å²) in [6.07, 6.45) is 2.58. The smallest absolute Gasteiger partial charge is 0.117 e. The fraction of sp³-hybridized carbons (Fsp3) is 0.417. The number of anilines is 1. The second kappa shape index (κ2) is 4.39. The molecule has 4 heteroatoms. The first kappa shape index (κ1) is 10.1. The van der Waals surface area contributed by atoms with Crippen LogP contribution in [0.15, 0.2) is 24.3 Å². The molecule has 1 aliphatic rings. The Labute approximate surface area is 99.0 Å². The number of nitrogens with zero attached hydrogens (tertiary/aromatic N) is 1. The van der Waals surface area contributed by atoms with E-state index in [0.29, 0.717) is 6.04 Å². The Morgan fingerprint density at radius 2 is 2.38 bits per heavy atom. The number of hydrogen-bond donors (Lipinski definition) is 2. The number of fused-ring (bicyclic) bond motifs is 1. The van der Waals surface area contributed by atoms with Gasteiger partial charge in [0.1, 0.15) is 5.00 Å². The van der Waals surface area contributed by atoms with Crippen molar-refractivity contribution in [2.75, 3.05) is 18.4 Å². The third-order valence-electron chi connectivity index (χ3n) is 3.06. The van der Waals surface area contributed by atoms with Crippen molar-refractivity contribution in [3.05, 3.63) is 24.3 Å². The van der Waals surface area contributed by atoms with Crippen LogP contribution in [0.1, 0.15) is 12.8 Å². The standard InChI is InChI=1S/C12H15N3S/c1-2-6-11-10(5-1)12(16-15-11)14-8-9-4-3-7-13-9/h1-2,5-6,9,13-14H,3-4,7-8H2. The van der Waals surface area contributed by atoms with E-state index in [1.165, 1.54) is 23.2 Å². The second-order valence-electron chi connectivity index (χ2n) is 4.20. The van der Waals surface area contributed by atoms with E-state index in [1.54, 1.807) is 11.5 Å². The summed E-state index contributed by atoms with van der Waals surface area (Å²) in [6, 6.07) is 8.91. The van der Waals surface area contributed by atoms with Crippen molar-refractivity contribution in [1.82, 2.24) is 9.69 Å². The first-order valence-electron chi connectivity index (χ1n) is 5.75. The van der Waals surface area contributed by atoms with Gasteiger partial charge in [0.05, 0.1) is 5.52 Å². The summed E-state index contributed by atoms with van der Waals surface area (Å²) in [5.74, 6) is 0. The molecule has 1 saturated heterocycles. The van der Waals surface area contributed by atoms with E-state index in [1.807, 2.05) is 6.07 Å². The molecule has 2 aromatic rings. The SMILES string of the molecule is c1ccc2c(NCC3CCCN3)snc2c1. The van der Waals surface area contributed by atoms with Crippen LogP contribution in [-0.4, -0.2) is 23.5 Å². The molecule has 2 heterocycles. The molecule has 3 nitrogen and oxygen atoms in total. The molecule has 1 aromatic carbocycles. The fourth-order valence-electron chi connectivity index (χ4n) is 2.16. The largest absolute Gasteiger partial charge is 0.374 e. The Bertz CT molecular complexity index is 474. The van der Waals surface area contributed by atoms with Gasteiger partial charge in [-0.3, -0.25) is 0 Å². The van der Waals surface area contributed by atoms with Gasteiger partial charge in [0.25, 0.3) is 0 Å². The minimum absolute atomic E-state index is 0.626. The van der Waals surface area contributed by atoms with Crippen molar-refractivity contribution < 1.29 is 0 Å². The molecule has 0 bridgehead atoms. The van der Waals surface area contributed by atoms with Crippen LogP contribution in [0.2, 0.25) is 0 Å². The van der Waals surface area contributed by atoms with Gasteiger partial charge in [-0.2, -0.15) is 4.37 Å². The van der Waals surface area contributed by atoms with E-state index < -0.39 is 0 Å². The predicted octanol–water partition coefficient (Wildman–Crippen LogP) is 2.46. The molecule has 3 rings (SSSR count). The van der Waals surface area contributed by atoms with Gasteiger partial charge in [0, 0.05) is 18.0 Å². The maximum atomic E-state index is 4.42. The van der Waals surface area contributed by atoms with Gasteiger partial charge in [-0.1, -0.05) is 12.1 Å². The summed E-state index contributed by atoms with van der Waals surface area (Å²) < 4.78 is 4.42. The van der Waals surface area contributed by atoms with E-state index in [9.17, 15) is 0 Å². The molecule has 1 aromatic heterocycles. The first-order valence-corrected chi connectivity index (χ1v) is 6.52. The van der Waals surface area contributed by atoms with Crippen molar-refractivity contribution in [1.29, 1.82) is 0 Å². The van der Waals surface area contributed by atoms with Crippen LogP contribution < -0.4 is 10.6 Å². The minimum atomic E-state index is 0.626. The lowest BCUT2D eigenvalue weighted by Gasteiger charge is -2.10. The summed E-state index contributed by atoms with van der Waals surface area (Å²) in [4.78, 5) is 0. The summed E-state index contributed by atoms with van der Waals surface area (Å²) >= 11 is 1.56. The summed E-state index contributed by atoms with van der Waals surface area (Å²) in [5, 5.41) is 9.43. The Balaban J connectivity index is 1.73. The molecule has 0 saturated carbocycles. The zero-order valence-corrected chi connectivity index (χ0v) is 9.89. The van der Waals surface area contributed by atoms with Crippen LogP contribution in [0.4, 0.5) is 5.00 Å². The van der Waals surface area contributed by atoms with Gasteiger partial charge < -0.3 is 10.6 Å². The molecule has 1 atom stereocenters. The van der Waals surface area contributed by atoms with Crippen LogP contribution in [0.5, 0.6) is 0 Å². The van der Waals surface area contributed by atoms with Crippen LogP contribution in [-0.2, 0) is 0 Å². The highest BCUT2D eigenvalue weighted by Gasteiger charge is 2.14. The van der Waals surface area contributed by atoms with Crippen LogP contribution in [0, 0.1) is 0 Å². The highest BCUT2D eigenvalue weighted by Crippen LogP contribution is 2.27. The van der Waals surface area contributed by atoms with Crippen molar-refractivity contribution in [3.8, 4) is 0 Å². The number of aromatic nitrogens is 1. The maximum absolute atomic E-state index is 4.42. The number of benzene rings is 1. The molecule has 84 valence electrons. The lowest BCUT2D eigenvalue weighted by molar-refractivity contribution is 0.634. The van der Waals surface area contributed by atoms with Crippen molar-refractivity contribution in [3.63, 3.8) is 0 Å². The number of nitrogens with one attached hydrogen (secondary N) is 2. The first-order chi connectivity index (χ1) is 7.93. The molecule has 1 fully saturated rings. The Morgan fingerprint density at radius 1 is 1.44 bits per heavy atom. The molecular weight excluding hydrogens is 218 g/mol. The fourth-order valence-corrected chi connectivity index (χ4v) is 2.93. The molecule has 2 N–H and O–H groups in total. The maximum Gasteiger partial charge on any atom is 0.117 e. The monoisotopic (exact) mass is 233 g/mol. The zero-order chi connectivity index (χ0) is 10.8. The van der Waals surface area contributed by atoms with Crippen molar-refractivity contribution in [2.24, 2.45) is 0 Å². The molecule has 0 spiro atoms. The number of rotatable bonds is 3. The summed E-state index contributed by atoms with van der Waals surface area (Å²) in [5.41, 5.74) is 1.09. The van der Waals surface area contributed by atoms with E-state index in [0.717, 1.165) is 18.6 Å². The minimum Gasteiger partial charge on any atom is -0.374 e. The van der Waals surface area contributed by atoms with Gasteiger partial charge in [-0.25, -0.2) is 0 Å².